The lowest BCUT2D eigenvalue weighted by Gasteiger charge is -2.29. The van der Waals surface area contributed by atoms with Crippen molar-refractivity contribution in [1.29, 1.82) is 0 Å². The van der Waals surface area contributed by atoms with Crippen molar-refractivity contribution in [3.05, 3.63) is 29.3 Å². The highest BCUT2D eigenvalue weighted by molar-refractivity contribution is 8.07. The topological polar surface area (TPSA) is 246 Å². The molecule has 0 aromatic carbocycles. The van der Waals surface area contributed by atoms with Crippen LogP contribution in [0.3, 0.4) is 0 Å². The number of nitrogen functional groups attached to an aromatic ring is 2. The van der Waals surface area contributed by atoms with Gasteiger partial charge in [0.2, 0.25) is 5.95 Å². The van der Waals surface area contributed by atoms with Gasteiger partial charge in [-0.2, -0.15) is 4.98 Å². The molecule has 4 aromatic rings. The second kappa shape index (κ2) is 11.3. The lowest BCUT2D eigenvalue weighted by Crippen LogP contribution is -2.35. The quantitative estimate of drug-likeness (QED) is 0.142. The summed E-state index contributed by atoms with van der Waals surface area (Å²) in [5.74, 6) is 0.0261. The van der Waals surface area contributed by atoms with Gasteiger partial charge in [0.05, 0.1) is 31.5 Å². The fraction of sp³-hybridized carbons (Fsp3) is 0.565. The molecule has 7 N–H and O–H groups in total. The number of halogens is 1. The maximum Gasteiger partial charge on any atom is 0.325 e. The Balaban J connectivity index is 1.21. The summed E-state index contributed by atoms with van der Waals surface area (Å²) in [5, 5.41) is 9.97. The molecule has 2 saturated heterocycles. The normalized spacial score (nSPS) is 30.4. The molecule has 0 saturated carbocycles. The number of rotatable bonds is 10. The van der Waals surface area contributed by atoms with Crippen LogP contribution in [0.15, 0.2) is 23.8 Å². The lowest BCUT2D eigenvalue weighted by atomic mass is 10.0. The molecule has 1 unspecified atom stereocenters. The van der Waals surface area contributed by atoms with Gasteiger partial charge in [-0.05, 0) is 18.7 Å². The number of nitrogens with zero attached hydrogens (tertiary/aromatic N) is 7. The van der Waals surface area contributed by atoms with Gasteiger partial charge >= 0.3 is 6.72 Å². The van der Waals surface area contributed by atoms with Crippen LogP contribution in [0.25, 0.3) is 22.3 Å². The lowest BCUT2D eigenvalue weighted by molar-refractivity contribution is -0.116. The zero-order chi connectivity index (χ0) is 31.4. The molecule has 0 bridgehead atoms. The van der Waals surface area contributed by atoms with E-state index in [1.807, 2.05) is 0 Å². The number of ether oxygens (including phenoxy) is 3. The first-order valence-electron chi connectivity index (χ1n) is 13.3. The number of imidazole rings is 2. The largest absolute Gasteiger partial charge is 0.393 e. The Morgan fingerprint density at radius 3 is 2.55 bits per heavy atom. The van der Waals surface area contributed by atoms with Gasteiger partial charge in [0, 0.05) is 20.0 Å². The second-order valence-corrected chi connectivity index (χ2v) is 13.7. The first kappa shape index (κ1) is 30.8. The molecule has 7 atom stereocenters. The fourth-order valence-corrected chi connectivity index (χ4v) is 6.99. The molecule has 2 fully saturated rings. The number of alkyl halides is 1. The van der Waals surface area contributed by atoms with E-state index in [1.165, 1.54) is 30.7 Å². The molecule has 6 rings (SSSR count). The molecule has 238 valence electrons. The molecule has 0 spiro atoms. The van der Waals surface area contributed by atoms with Crippen molar-refractivity contribution in [2.75, 3.05) is 38.5 Å². The van der Waals surface area contributed by atoms with E-state index in [0.717, 1.165) is 0 Å². The zero-order valence-electron chi connectivity index (χ0n) is 23.4. The minimum Gasteiger partial charge on any atom is -0.393 e. The van der Waals surface area contributed by atoms with Gasteiger partial charge in [0.15, 0.2) is 35.1 Å². The van der Waals surface area contributed by atoms with Crippen LogP contribution in [0.4, 0.5) is 16.2 Å². The van der Waals surface area contributed by atoms with E-state index in [2.05, 4.69) is 29.9 Å². The van der Waals surface area contributed by atoms with E-state index in [0.29, 0.717) is 17.6 Å². The van der Waals surface area contributed by atoms with Crippen molar-refractivity contribution < 1.29 is 37.6 Å². The summed E-state index contributed by atoms with van der Waals surface area (Å²) in [6.07, 6.45) is 0.692. The van der Waals surface area contributed by atoms with E-state index in [1.54, 1.807) is 11.5 Å². The summed E-state index contributed by atoms with van der Waals surface area (Å²) in [5.41, 5.74) is 9.15. The Hall–Kier alpha value is -3.20. The van der Waals surface area contributed by atoms with Gasteiger partial charge in [0.25, 0.3) is 5.56 Å². The average molecular weight is 657 g/mol. The molecule has 2 aliphatic rings. The predicted molar refractivity (Wildman–Crippen MR) is 154 cm³/mol. The van der Waals surface area contributed by atoms with E-state index in [9.17, 15) is 19.2 Å². The third kappa shape index (κ3) is 5.46. The van der Waals surface area contributed by atoms with Gasteiger partial charge in [-0.25, -0.2) is 24.3 Å². The van der Waals surface area contributed by atoms with Crippen molar-refractivity contribution in [3.8, 4) is 0 Å². The van der Waals surface area contributed by atoms with Crippen LogP contribution in [0.1, 0.15) is 32.2 Å². The highest BCUT2D eigenvalue weighted by Crippen LogP contribution is 2.53. The Labute approximate surface area is 252 Å². The van der Waals surface area contributed by atoms with Gasteiger partial charge in [0.1, 0.15) is 36.3 Å². The van der Waals surface area contributed by atoms with Crippen molar-refractivity contribution in [1.82, 2.24) is 39.0 Å². The molecule has 2 aliphatic heterocycles. The van der Waals surface area contributed by atoms with Crippen LogP contribution in [0.2, 0.25) is 0 Å². The number of hydrogen-bond donors (Lipinski definition) is 5. The fourth-order valence-electron chi connectivity index (χ4n) is 5.48. The van der Waals surface area contributed by atoms with Gasteiger partial charge in [-0.3, -0.25) is 18.9 Å². The van der Waals surface area contributed by atoms with E-state index >= 15 is 0 Å². The van der Waals surface area contributed by atoms with E-state index in [-0.39, 0.29) is 36.0 Å². The van der Waals surface area contributed by atoms with Crippen LogP contribution in [-0.2, 0) is 35.1 Å². The molecule has 0 amide bonds. The number of nitrogens with two attached hydrogens (primary N) is 2. The third-order valence-electron chi connectivity index (χ3n) is 7.64. The van der Waals surface area contributed by atoms with Crippen LogP contribution < -0.4 is 17.0 Å². The summed E-state index contributed by atoms with van der Waals surface area (Å²) < 4.78 is 46.6. The smallest absolute Gasteiger partial charge is 0.325 e. The van der Waals surface area contributed by atoms with Crippen LogP contribution in [-0.4, -0.2) is 99.4 Å². The molecule has 0 aliphatic carbocycles. The van der Waals surface area contributed by atoms with Gasteiger partial charge in [-0.15, -0.1) is 0 Å². The van der Waals surface area contributed by atoms with E-state index in [4.69, 9.17) is 46.5 Å². The van der Waals surface area contributed by atoms with Crippen molar-refractivity contribution in [2.24, 2.45) is 0 Å². The average Bonchev–Trinajstić information content (AvgIpc) is 3.75. The summed E-state index contributed by atoms with van der Waals surface area (Å²) in [7, 11) is 1.53. The van der Waals surface area contributed by atoms with Gasteiger partial charge in [-0.1, -0.05) is 0 Å². The maximum atomic E-state index is 14.1. The number of aromatic amines is 1. The molecule has 6 heterocycles. The monoisotopic (exact) mass is 656 g/mol. The molecule has 44 heavy (non-hydrogen) atoms. The summed E-state index contributed by atoms with van der Waals surface area (Å²) >= 11 is 5.34. The molecule has 4 aromatic heterocycles. The van der Waals surface area contributed by atoms with Crippen molar-refractivity contribution in [2.45, 2.75) is 55.6 Å². The first-order chi connectivity index (χ1) is 20.9. The Morgan fingerprint density at radius 1 is 1.14 bits per heavy atom. The van der Waals surface area contributed by atoms with Crippen molar-refractivity contribution >= 4 is 52.6 Å². The molecular formula is C23H30FN10O8PS. The molecule has 0 radical (unpaired) electrons. The van der Waals surface area contributed by atoms with Crippen LogP contribution >= 0.6 is 6.72 Å². The SMILES string of the molecule is CO[C@@H]1C[C@](C)(COP(O)(=S)O[C@@H]2C[C@@](CO)(CF)O[C@H]2n2cnc3c(=O)[nH]c(N)nc32)O[C@H]1n1cnc2c(N)ncnc21. The summed E-state index contributed by atoms with van der Waals surface area (Å²) in [6.45, 7) is -4.31. The number of aliphatic hydroxyl groups is 1. The Bertz CT molecular complexity index is 1800. The Kier molecular flexibility index (Phi) is 7.92. The molecule has 21 heteroatoms. The number of fused-ring (bicyclic) bond motifs is 2. The molecular weight excluding hydrogens is 626 g/mol. The predicted octanol–water partition coefficient (Wildman–Crippen LogP) is 0.0546. The number of methoxy groups -OCH3 is 1. The second-order valence-electron chi connectivity index (χ2n) is 10.9. The standard InChI is InChI=1S/C23H30FN10O8PS/c1-22(3-11(38-2)19(40-22)33-9-29-13-15(25)27-8-28-16(13)33)7-39-43(37,44)42-12-4-23(5-24,6-35)41-20(12)34-10-30-14-17(34)31-21(26)32-18(14)36/h8-12,19-20,35H,3-7H2,1-2H3,(H,37,44)(H2,25,27,28)(H3,26,31,32,36)/t11-,12-,19-,20-,22-,23+,43?/m1/s1. The maximum absolute atomic E-state index is 14.1. The number of anilines is 2. The zero-order valence-corrected chi connectivity index (χ0v) is 25.2. The first-order valence-corrected chi connectivity index (χ1v) is 15.9. The number of H-pyrrole nitrogens is 1. The van der Waals surface area contributed by atoms with Crippen LogP contribution in [0.5, 0.6) is 0 Å². The summed E-state index contributed by atoms with van der Waals surface area (Å²) in [4.78, 5) is 46.5. The molecule has 18 nitrogen and oxygen atoms in total. The number of nitrogens with one attached hydrogen (secondary N) is 1. The Morgan fingerprint density at radius 2 is 1.84 bits per heavy atom. The highest BCUT2D eigenvalue weighted by Gasteiger charge is 2.51. The summed E-state index contributed by atoms with van der Waals surface area (Å²) in [6, 6.07) is 0. The van der Waals surface area contributed by atoms with Crippen LogP contribution in [0, 0.1) is 0 Å². The number of hydrogen-bond acceptors (Lipinski definition) is 15. The minimum absolute atomic E-state index is 0.0205. The van der Waals surface area contributed by atoms with E-state index < -0.39 is 61.4 Å². The van der Waals surface area contributed by atoms with Gasteiger partial charge < -0.3 is 44.7 Å². The number of aromatic nitrogens is 8. The van der Waals surface area contributed by atoms with Crippen molar-refractivity contribution in [3.63, 3.8) is 0 Å². The third-order valence-corrected chi connectivity index (χ3v) is 9.21. The number of aliphatic hydroxyl groups excluding tert-OH is 1. The minimum atomic E-state index is -4.06. The highest BCUT2D eigenvalue weighted by atomic mass is 32.5.